The van der Waals surface area contributed by atoms with Crippen LogP contribution in [0.1, 0.15) is 28.0 Å². The Labute approximate surface area is 187 Å². The van der Waals surface area contributed by atoms with E-state index in [-0.39, 0.29) is 29.5 Å². The quantitative estimate of drug-likeness (QED) is 0.488. The number of anilines is 1. The fourth-order valence-corrected chi connectivity index (χ4v) is 4.75. The van der Waals surface area contributed by atoms with Crippen LogP contribution in [0.3, 0.4) is 0 Å². The molecular formula is C21H19ClFN3O2S2. The van der Waals surface area contributed by atoms with E-state index in [1.54, 1.807) is 23.1 Å². The Morgan fingerprint density at radius 3 is 2.67 bits per heavy atom. The normalized spacial score (nSPS) is 10.7. The molecule has 0 radical (unpaired) electrons. The van der Waals surface area contributed by atoms with Gasteiger partial charge in [0.1, 0.15) is 5.82 Å². The molecule has 30 heavy (non-hydrogen) atoms. The van der Waals surface area contributed by atoms with Crippen molar-refractivity contribution in [1.29, 1.82) is 0 Å². The van der Waals surface area contributed by atoms with E-state index in [1.807, 2.05) is 37.4 Å². The number of hydrogen-bond acceptors (Lipinski definition) is 5. The predicted octanol–water partition coefficient (Wildman–Crippen LogP) is 5.46. The molecule has 0 spiro atoms. The van der Waals surface area contributed by atoms with Crippen molar-refractivity contribution in [3.05, 3.63) is 69.4 Å². The van der Waals surface area contributed by atoms with Gasteiger partial charge in [-0.05, 0) is 55.8 Å². The molecule has 156 valence electrons. The van der Waals surface area contributed by atoms with Gasteiger partial charge in [0.2, 0.25) is 5.91 Å². The van der Waals surface area contributed by atoms with E-state index in [0.29, 0.717) is 5.69 Å². The molecule has 0 unspecified atom stereocenters. The van der Waals surface area contributed by atoms with E-state index < -0.39 is 11.7 Å². The van der Waals surface area contributed by atoms with Crippen LogP contribution in [0.5, 0.6) is 0 Å². The molecule has 2 amide bonds. The molecule has 0 saturated carbocycles. The summed E-state index contributed by atoms with van der Waals surface area (Å²) in [5, 5.41) is 7.50. The SMILES string of the molecule is Cc1csc(Sc2ccc(NC(=O)CCNC(=O)c3ccc(F)cc3Cl)c(C)c2)n1. The zero-order chi connectivity index (χ0) is 21.7. The summed E-state index contributed by atoms with van der Waals surface area (Å²) in [7, 11) is 0. The molecule has 5 nitrogen and oxygen atoms in total. The summed E-state index contributed by atoms with van der Waals surface area (Å²) in [5.74, 6) is -1.19. The zero-order valence-electron chi connectivity index (χ0n) is 16.3. The minimum Gasteiger partial charge on any atom is -0.351 e. The van der Waals surface area contributed by atoms with E-state index in [9.17, 15) is 14.0 Å². The highest BCUT2D eigenvalue weighted by atomic mass is 35.5. The van der Waals surface area contributed by atoms with Crippen LogP contribution in [-0.4, -0.2) is 23.3 Å². The van der Waals surface area contributed by atoms with Gasteiger partial charge in [-0.25, -0.2) is 9.37 Å². The number of amides is 2. The van der Waals surface area contributed by atoms with Gasteiger partial charge in [-0.3, -0.25) is 9.59 Å². The minimum atomic E-state index is -0.516. The number of carbonyl (C=O) groups excluding carboxylic acids is 2. The lowest BCUT2D eigenvalue weighted by Gasteiger charge is -2.10. The van der Waals surface area contributed by atoms with Crippen LogP contribution in [0.2, 0.25) is 5.02 Å². The molecule has 2 aromatic carbocycles. The third kappa shape index (κ3) is 6.04. The van der Waals surface area contributed by atoms with Gasteiger partial charge < -0.3 is 10.6 Å². The minimum absolute atomic E-state index is 0.0263. The first kappa shape index (κ1) is 22.3. The van der Waals surface area contributed by atoms with Crippen LogP contribution in [0.4, 0.5) is 10.1 Å². The number of aromatic nitrogens is 1. The van der Waals surface area contributed by atoms with Gasteiger partial charge in [-0.1, -0.05) is 23.4 Å². The van der Waals surface area contributed by atoms with Crippen LogP contribution in [-0.2, 0) is 4.79 Å². The highest BCUT2D eigenvalue weighted by molar-refractivity contribution is 8.01. The third-order valence-electron chi connectivity index (χ3n) is 4.09. The Balaban J connectivity index is 1.50. The lowest BCUT2D eigenvalue weighted by atomic mass is 10.2. The van der Waals surface area contributed by atoms with Crippen LogP contribution < -0.4 is 10.6 Å². The summed E-state index contributed by atoms with van der Waals surface area (Å²) < 4.78 is 14.0. The molecule has 0 aliphatic carbocycles. The summed E-state index contributed by atoms with van der Waals surface area (Å²) in [6.07, 6.45) is 0.0961. The number of carbonyl (C=O) groups is 2. The Hall–Kier alpha value is -2.42. The largest absolute Gasteiger partial charge is 0.351 e. The molecule has 1 heterocycles. The Kier molecular flexibility index (Phi) is 7.47. The van der Waals surface area contributed by atoms with Gasteiger partial charge in [-0.15, -0.1) is 11.3 Å². The molecular weight excluding hydrogens is 445 g/mol. The monoisotopic (exact) mass is 463 g/mol. The topological polar surface area (TPSA) is 71.1 Å². The second-order valence-electron chi connectivity index (χ2n) is 6.51. The van der Waals surface area contributed by atoms with Crippen molar-refractivity contribution in [3.8, 4) is 0 Å². The van der Waals surface area contributed by atoms with Crippen molar-refractivity contribution in [3.63, 3.8) is 0 Å². The van der Waals surface area contributed by atoms with Gasteiger partial charge in [0, 0.05) is 34.6 Å². The number of halogens is 2. The maximum Gasteiger partial charge on any atom is 0.252 e. The van der Waals surface area contributed by atoms with Crippen molar-refractivity contribution in [1.82, 2.24) is 10.3 Å². The van der Waals surface area contributed by atoms with Crippen LogP contribution in [0, 0.1) is 19.7 Å². The number of thiazole rings is 1. The zero-order valence-corrected chi connectivity index (χ0v) is 18.7. The smallest absolute Gasteiger partial charge is 0.252 e. The standard InChI is InChI=1S/C21H19ClFN3O2S2/c1-12-9-15(30-21-25-13(2)11-29-21)4-6-18(12)26-19(27)7-8-24-20(28)16-5-3-14(23)10-17(16)22/h3-6,9-11H,7-8H2,1-2H3,(H,24,28)(H,26,27). The molecule has 1 aromatic heterocycles. The molecule has 0 bridgehead atoms. The molecule has 0 atom stereocenters. The van der Waals surface area contributed by atoms with Crippen LogP contribution in [0.25, 0.3) is 0 Å². The third-order valence-corrected chi connectivity index (χ3v) is 6.45. The number of benzene rings is 2. The number of aryl methyl sites for hydroxylation is 2. The fraction of sp³-hybridized carbons (Fsp3) is 0.190. The molecule has 3 aromatic rings. The van der Waals surface area contributed by atoms with Crippen LogP contribution in [0.15, 0.2) is 51.0 Å². The number of hydrogen-bond donors (Lipinski definition) is 2. The van der Waals surface area contributed by atoms with Gasteiger partial charge in [0.05, 0.1) is 10.6 Å². The number of nitrogens with one attached hydrogen (secondary N) is 2. The lowest BCUT2D eigenvalue weighted by molar-refractivity contribution is -0.116. The second-order valence-corrected chi connectivity index (χ2v) is 9.10. The average molecular weight is 464 g/mol. The number of rotatable bonds is 7. The molecule has 0 aliphatic heterocycles. The van der Waals surface area contributed by atoms with E-state index in [0.717, 1.165) is 32.6 Å². The highest BCUT2D eigenvalue weighted by Crippen LogP contribution is 2.32. The van der Waals surface area contributed by atoms with Crippen LogP contribution >= 0.6 is 34.7 Å². The van der Waals surface area contributed by atoms with Crippen molar-refractivity contribution < 1.29 is 14.0 Å². The van der Waals surface area contributed by atoms with Crippen molar-refractivity contribution in [2.24, 2.45) is 0 Å². The lowest BCUT2D eigenvalue weighted by Crippen LogP contribution is -2.28. The average Bonchev–Trinajstić information content (AvgIpc) is 3.08. The van der Waals surface area contributed by atoms with Gasteiger partial charge in [-0.2, -0.15) is 0 Å². The second kappa shape index (κ2) is 10.1. The Morgan fingerprint density at radius 2 is 2.00 bits per heavy atom. The molecule has 9 heteroatoms. The van der Waals surface area contributed by atoms with E-state index in [2.05, 4.69) is 15.6 Å². The Morgan fingerprint density at radius 1 is 1.20 bits per heavy atom. The molecule has 3 rings (SSSR count). The first-order chi connectivity index (χ1) is 14.3. The summed E-state index contributed by atoms with van der Waals surface area (Å²) >= 11 is 9.05. The molecule has 2 N–H and O–H groups in total. The van der Waals surface area contributed by atoms with E-state index >= 15 is 0 Å². The summed E-state index contributed by atoms with van der Waals surface area (Å²) in [6, 6.07) is 9.32. The number of nitrogens with zero attached hydrogens (tertiary/aromatic N) is 1. The van der Waals surface area contributed by atoms with E-state index in [4.69, 9.17) is 11.6 Å². The van der Waals surface area contributed by atoms with Gasteiger partial charge in [0.15, 0.2) is 4.34 Å². The van der Waals surface area contributed by atoms with E-state index in [1.165, 1.54) is 6.07 Å². The van der Waals surface area contributed by atoms with Crippen molar-refractivity contribution >= 4 is 52.2 Å². The molecule has 0 fully saturated rings. The summed E-state index contributed by atoms with van der Waals surface area (Å²) in [6.45, 7) is 4.01. The Bertz CT molecular complexity index is 1090. The first-order valence-corrected chi connectivity index (χ1v) is 11.1. The highest BCUT2D eigenvalue weighted by Gasteiger charge is 2.12. The maximum absolute atomic E-state index is 13.1. The maximum atomic E-state index is 13.1. The van der Waals surface area contributed by atoms with Crippen molar-refractivity contribution in [2.45, 2.75) is 29.5 Å². The van der Waals surface area contributed by atoms with Gasteiger partial charge in [0.25, 0.3) is 5.91 Å². The summed E-state index contributed by atoms with van der Waals surface area (Å²) in [4.78, 5) is 29.8. The predicted molar refractivity (Wildman–Crippen MR) is 119 cm³/mol. The van der Waals surface area contributed by atoms with Crippen molar-refractivity contribution in [2.75, 3.05) is 11.9 Å². The molecule has 0 aliphatic rings. The van der Waals surface area contributed by atoms with Gasteiger partial charge >= 0.3 is 0 Å². The fourth-order valence-electron chi connectivity index (χ4n) is 2.59. The summed E-state index contributed by atoms with van der Waals surface area (Å²) in [5.41, 5.74) is 2.81. The first-order valence-electron chi connectivity index (χ1n) is 9.05. The molecule has 0 saturated heterocycles.